The highest BCUT2D eigenvalue weighted by molar-refractivity contribution is 7.99. The van der Waals surface area contributed by atoms with Crippen molar-refractivity contribution < 1.29 is 29.7 Å². The molecule has 200 valence electrons. The van der Waals surface area contributed by atoms with E-state index in [1.54, 1.807) is 0 Å². The van der Waals surface area contributed by atoms with Gasteiger partial charge in [-0.1, -0.05) is 39.3 Å². The van der Waals surface area contributed by atoms with Gasteiger partial charge in [0.05, 0.1) is 18.1 Å². The molecule has 5 N–H and O–H groups in total. The third-order valence-electron chi connectivity index (χ3n) is 8.24. The SMILES string of the molecule is CC(C)C[C@@H]1CCC[C@H](C(=O)N[C@H]2[C@H]3O[C@H](SCCC/C=C\[C@H]2C)[C@H](O)[C@@H](O)[C@H]3O)[C@@H]2ONCC12. The largest absolute Gasteiger partial charge is 0.388 e. The first kappa shape index (κ1) is 27.4. The number of fused-ring (bicyclic) bond motifs is 3. The number of hydroxylamine groups is 1. The fraction of sp³-hybridized carbons (Fsp3) is 0.885. The minimum atomic E-state index is -1.33. The second-order valence-electron chi connectivity index (χ2n) is 11.3. The summed E-state index contributed by atoms with van der Waals surface area (Å²) in [6.45, 7) is 7.26. The van der Waals surface area contributed by atoms with E-state index in [-0.39, 0.29) is 23.8 Å². The van der Waals surface area contributed by atoms with Crippen LogP contribution in [0.15, 0.2) is 12.2 Å². The number of ether oxygens (including phenoxy) is 1. The maximum atomic E-state index is 13.8. The summed E-state index contributed by atoms with van der Waals surface area (Å²) in [6, 6.07) is -0.542. The Labute approximate surface area is 213 Å². The van der Waals surface area contributed by atoms with E-state index < -0.39 is 35.9 Å². The quantitative estimate of drug-likeness (QED) is 0.363. The summed E-state index contributed by atoms with van der Waals surface area (Å²) in [5, 5.41) is 35.2. The lowest BCUT2D eigenvalue weighted by molar-refractivity contribution is -0.207. The maximum Gasteiger partial charge on any atom is 0.226 e. The summed E-state index contributed by atoms with van der Waals surface area (Å²) < 4.78 is 6.17. The molecule has 35 heavy (non-hydrogen) atoms. The Morgan fingerprint density at radius 3 is 2.71 bits per heavy atom. The van der Waals surface area contributed by atoms with Gasteiger partial charge in [-0.25, -0.2) is 5.48 Å². The van der Waals surface area contributed by atoms with E-state index in [0.717, 1.165) is 50.8 Å². The molecule has 4 aliphatic rings. The van der Waals surface area contributed by atoms with Crippen LogP contribution < -0.4 is 10.8 Å². The predicted molar refractivity (Wildman–Crippen MR) is 135 cm³/mol. The monoisotopic (exact) mass is 512 g/mol. The number of hydrogen-bond donors (Lipinski definition) is 5. The lowest BCUT2D eigenvalue weighted by atomic mass is 9.79. The molecule has 2 saturated heterocycles. The van der Waals surface area contributed by atoms with Crippen molar-refractivity contribution in [2.75, 3.05) is 12.3 Å². The van der Waals surface area contributed by atoms with Crippen molar-refractivity contribution >= 4 is 17.7 Å². The Kier molecular flexibility index (Phi) is 9.57. The van der Waals surface area contributed by atoms with E-state index in [4.69, 9.17) is 9.57 Å². The van der Waals surface area contributed by atoms with Gasteiger partial charge in [0.2, 0.25) is 5.91 Å². The first-order valence-electron chi connectivity index (χ1n) is 13.4. The summed E-state index contributed by atoms with van der Waals surface area (Å²) in [6.07, 6.45) is 5.15. The van der Waals surface area contributed by atoms with E-state index >= 15 is 0 Å². The van der Waals surface area contributed by atoms with Crippen molar-refractivity contribution in [3.63, 3.8) is 0 Å². The van der Waals surface area contributed by atoms with Crippen molar-refractivity contribution in [2.45, 2.75) is 101 Å². The van der Waals surface area contributed by atoms with Crippen molar-refractivity contribution in [1.82, 2.24) is 10.8 Å². The minimum absolute atomic E-state index is 0.0883. The predicted octanol–water partition coefficient (Wildman–Crippen LogP) is 1.98. The maximum absolute atomic E-state index is 13.8. The lowest BCUT2D eigenvalue weighted by Crippen LogP contribution is -2.64. The molecule has 3 aliphatic heterocycles. The second-order valence-corrected chi connectivity index (χ2v) is 12.5. The van der Waals surface area contributed by atoms with Gasteiger partial charge in [-0.05, 0) is 55.6 Å². The topological polar surface area (TPSA) is 120 Å². The van der Waals surface area contributed by atoms with Crippen molar-refractivity contribution in [1.29, 1.82) is 0 Å². The van der Waals surface area contributed by atoms with E-state index in [9.17, 15) is 20.1 Å². The number of rotatable bonds is 4. The van der Waals surface area contributed by atoms with Gasteiger partial charge >= 0.3 is 0 Å². The fourth-order valence-corrected chi connectivity index (χ4v) is 7.47. The van der Waals surface area contributed by atoms with Gasteiger partial charge in [0, 0.05) is 12.5 Å². The first-order valence-corrected chi connectivity index (χ1v) is 14.5. The van der Waals surface area contributed by atoms with Crippen LogP contribution in [0.3, 0.4) is 0 Å². The van der Waals surface area contributed by atoms with Crippen LogP contribution in [0.2, 0.25) is 0 Å². The average Bonchev–Trinajstić information content (AvgIpc) is 3.22. The molecular weight excluding hydrogens is 468 g/mol. The normalized spacial score (nSPS) is 45.7. The van der Waals surface area contributed by atoms with Gasteiger partial charge < -0.3 is 25.4 Å². The van der Waals surface area contributed by atoms with Crippen molar-refractivity contribution in [3.8, 4) is 0 Å². The smallest absolute Gasteiger partial charge is 0.226 e. The molecule has 1 saturated carbocycles. The third kappa shape index (κ3) is 6.25. The van der Waals surface area contributed by atoms with Crippen LogP contribution in [0.4, 0.5) is 0 Å². The van der Waals surface area contributed by atoms with Crippen LogP contribution in [0.1, 0.15) is 59.3 Å². The van der Waals surface area contributed by atoms with Crippen LogP contribution >= 0.6 is 11.8 Å². The number of thioether (sulfide) groups is 1. The van der Waals surface area contributed by atoms with Crippen LogP contribution in [0, 0.1) is 29.6 Å². The number of aliphatic hydroxyl groups is 3. The Hall–Kier alpha value is -0.680. The molecule has 11 atom stereocenters. The lowest BCUT2D eigenvalue weighted by Gasteiger charge is -2.44. The molecule has 1 aliphatic carbocycles. The standard InChI is InChI=1S/C26H44N2O6S/c1-14(2)12-16-9-7-10-17(23-18(16)13-27-34-23)25(32)28-19-15(3)8-5-4-6-11-35-26-22(31)20(29)21(30)24(19)33-26/h5,8,14-24,26-27,29-31H,4,6-7,9-13H2,1-3H3,(H,28,32)/b8-5-/t15-,16+,17+,18?,19-,20+,21-,22-,23+,24-,26-/m1/s1. The molecule has 1 amide bonds. The summed E-state index contributed by atoms with van der Waals surface area (Å²) >= 11 is 1.45. The molecule has 4 rings (SSSR count). The Bertz CT molecular complexity index is 739. The first-order chi connectivity index (χ1) is 16.8. The Balaban J connectivity index is 1.54. The molecule has 2 bridgehead atoms. The van der Waals surface area contributed by atoms with Crippen LogP contribution in [-0.4, -0.2) is 75.5 Å². The molecule has 8 nitrogen and oxygen atoms in total. The number of carbonyl (C=O) groups excluding carboxylic acids is 1. The highest BCUT2D eigenvalue weighted by Crippen LogP contribution is 2.40. The molecule has 0 radical (unpaired) electrons. The molecule has 9 heteroatoms. The Morgan fingerprint density at radius 2 is 1.94 bits per heavy atom. The molecular formula is C26H44N2O6S. The fourth-order valence-electron chi connectivity index (χ4n) is 6.34. The number of hydrogen-bond acceptors (Lipinski definition) is 8. The number of nitrogens with one attached hydrogen (secondary N) is 2. The van der Waals surface area contributed by atoms with Gasteiger partial charge in [-0.3, -0.25) is 9.63 Å². The van der Waals surface area contributed by atoms with E-state index in [1.165, 1.54) is 11.8 Å². The van der Waals surface area contributed by atoms with Gasteiger partial charge in [-0.15, -0.1) is 11.8 Å². The second kappa shape index (κ2) is 12.2. The van der Waals surface area contributed by atoms with E-state index in [0.29, 0.717) is 17.8 Å². The highest BCUT2D eigenvalue weighted by Gasteiger charge is 2.50. The van der Waals surface area contributed by atoms with Crippen LogP contribution in [-0.2, 0) is 14.4 Å². The molecule has 0 aromatic carbocycles. The molecule has 1 unspecified atom stereocenters. The molecule has 0 aromatic heterocycles. The average molecular weight is 513 g/mol. The Morgan fingerprint density at radius 1 is 1.14 bits per heavy atom. The molecule has 3 fully saturated rings. The zero-order chi connectivity index (χ0) is 25.1. The number of carbonyl (C=O) groups is 1. The minimum Gasteiger partial charge on any atom is -0.388 e. The molecule has 0 aromatic rings. The number of allylic oxidation sites excluding steroid dienone is 1. The van der Waals surface area contributed by atoms with Gasteiger partial charge in [0.1, 0.15) is 29.9 Å². The summed E-state index contributed by atoms with van der Waals surface area (Å²) in [5.74, 6) is 1.71. The number of aliphatic hydroxyl groups excluding tert-OH is 3. The molecule has 3 heterocycles. The van der Waals surface area contributed by atoms with Gasteiger partial charge in [-0.2, -0.15) is 0 Å². The van der Waals surface area contributed by atoms with Crippen LogP contribution in [0.5, 0.6) is 0 Å². The summed E-state index contributed by atoms with van der Waals surface area (Å²) in [7, 11) is 0. The summed E-state index contributed by atoms with van der Waals surface area (Å²) in [5.41, 5.74) is 2.42. The molecule has 0 spiro atoms. The highest BCUT2D eigenvalue weighted by atomic mass is 32.2. The number of amides is 1. The van der Waals surface area contributed by atoms with Crippen molar-refractivity contribution in [2.24, 2.45) is 29.6 Å². The van der Waals surface area contributed by atoms with E-state index in [1.807, 2.05) is 6.92 Å². The van der Waals surface area contributed by atoms with Crippen molar-refractivity contribution in [3.05, 3.63) is 12.2 Å². The zero-order valence-corrected chi connectivity index (χ0v) is 22.0. The van der Waals surface area contributed by atoms with Gasteiger partial charge in [0.15, 0.2) is 0 Å². The zero-order valence-electron chi connectivity index (χ0n) is 21.2. The third-order valence-corrected chi connectivity index (χ3v) is 9.48. The van der Waals surface area contributed by atoms with E-state index in [2.05, 4.69) is 36.8 Å². The van der Waals surface area contributed by atoms with Crippen LogP contribution in [0.25, 0.3) is 0 Å². The van der Waals surface area contributed by atoms with Gasteiger partial charge in [0.25, 0.3) is 0 Å². The summed E-state index contributed by atoms with van der Waals surface area (Å²) in [4.78, 5) is 19.7.